The minimum Gasteiger partial charge on any atom is -0.130 e. The molecule has 0 unspecified atom stereocenters. The van der Waals surface area contributed by atoms with E-state index in [0.717, 1.165) is 9.90 Å². The van der Waals surface area contributed by atoms with Gasteiger partial charge in [0.2, 0.25) is 0 Å². The summed E-state index contributed by atoms with van der Waals surface area (Å²) >= 11 is 7.66. The zero-order valence-corrected chi connectivity index (χ0v) is 11.8. The fourth-order valence-corrected chi connectivity index (χ4v) is 2.83. The largest absolute Gasteiger partial charge is 0.130 e. The van der Waals surface area contributed by atoms with Gasteiger partial charge in [-0.15, -0.1) is 11.3 Å². The first-order valence-electron chi connectivity index (χ1n) is 6.03. The molecule has 88 valence electrons. The minimum absolute atomic E-state index is 0.635. The van der Waals surface area contributed by atoms with Crippen LogP contribution in [-0.2, 0) is 0 Å². The van der Waals surface area contributed by atoms with E-state index in [9.17, 15) is 0 Å². The Kier molecular flexibility index (Phi) is 5.95. The molecule has 0 saturated heterocycles. The van der Waals surface area contributed by atoms with Crippen molar-refractivity contribution in [3.05, 3.63) is 20.8 Å². The molecule has 0 atom stereocenters. The fourth-order valence-electron chi connectivity index (χ4n) is 1.76. The summed E-state index contributed by atoms with van der Waals surface area (Å²) in [6.07, 6.45) is 5.27. The Morgan fingerprint density at radius 1 is 1.31 bits per heavy atom. The molecule has 0 amide bonds. The fraction of sp³-hybridized carbons (Fsp3) is 0.571. The standard InChI is InChI=1S/C12H13ClS.C2H6/c1-9-12(13)8-11(14-9)7-6-10-4-2-3-5-10;1-2/h8,10H,2-5H2,1H3;1-2H3. The second kappa shape index (κ2) is 6.99. The maximum atomic E-state index is 5.97. The molecule has 1 fully saturated rings. The number of hydrogen-bond acceptors (Lipinski definition) is 1. The molecule has 0 bridgehead atoms. The van der Waals surface area contributed by atoms with Crippen LogP contribution in [0.1, 0.15) is 49.3 Å². The molecule has 0 spiro atoms. The van der Waals surface area contributed by atoms with Crippen LogP contribution < -0.4 is 0 Å². The highest BCUT2D eigenvalue weighted by Gasteiger charge is 2.11. The quantitative estimate of drug-likeness (QED) is 0.553. The SMILES string of the molecule is CC.Cc1sc(C#CC2CCCC2)cc1Cl. The second-order valence-electron chi connectivity index (χ2n) is 3.77. The van der Waals surface area contributed by atoms with Gasteiger partial charge in [-0.05, 0) is 25.8 Å². The van der Waals surface area contributed by atoms with Crippen molar-refractivity contribution in [3.8, 4) is 11.8 Å². The van der Waals surface area contributed by atoms with Crippen molar-refractivity contribution in [2.24, 2.45) is 5.92 Å². The summed E-state index contributed by atoms with van der Waals surface area (Å²) in [5, 5.41) is 0.853. The van der Waals surface area contributed by atoms with Gasteiger partial charge in [-0.3, -0.25) is 0 Å². The highest BCUT2D eigenvalue weighted by atomic mass is 35.5. The monoisotopic (exact) mass is 254 g/mol. The van der Waals surface area contributed by atoms with Crippen LogP contribution in [0.5, 0.6) is 0 Å². The molecule has 1 aliphatic rings. The van der Waals surface area contributed by atoms with E-state index < -0.39 is 0 Å². The highest BCUT2D eigenvalue weighted by Crippen LogP contribution is 2.26. The van der Waals surface area contributed by atoms with Crippen LogP contribution in [0.2, 0.25) is 5.02 Å². The van der Waals surface area contributed by atoms with E-state index in [1.807, 2.05) is 26.8 Å². The second-order valence-corrected chi connectivity index (χ2v) is 5.43. The van der Waals surface area contributed by atoms with Crippen molar-refractivity contribution in [3.63, 3.8) is 0 Å². The average molecular weight is 255 g/mol. The molecule has 0 N–H and O–H groups in total. The molecule has 0 radical (unpaired) electrons. The maximum absolute atomic E-state index is 5.97. The van der Waals surface area contributed by atoms with E-state index in [1.165, 1.54) is 30.6 Å². The van der Waals surface area contributed by atoms with Crippen LogP contribution in [0.15, 0.2) is 6.07 Å². The maximum Gasteiger partial charge on any atom is 0.0786 e. The summed E-state index contributed by atoms with van der Waals surface area (Å²) in [6, 6.07) is 1.98. The molecule has 16 heavy (non-hydrogen) atoms. The molecule has 1 aromatic heterocycles. The molecule has 0 aromatic carbocycles. The van der Waals surface area contributed by atoms with Gasteiger partial charge in [-0.2, -0.15) is 0 Å². The first-order valence-corrected chi connectivity index (χ1v) is 7.22. The van der Waals surface area contributed by atoms with Gasteiger partial charge in [0, 0.05) is 10.8 Å². The van der Waals surface area contributed by atoms with E-state index in [1.54, 1.807) is 11.3 Å². The zero-order chi connectivity index (χ0) is 12.0. The van der Waals surface area contributed by atoms with Crippen molar-refractivity contribution in [2.45, 2.75) is 46.5 Å². The topological polar surface area (TPSA) is 0 Å². The van der Waals surface area contributed by atoms with Crippen molar-refractivity contribution < 1.29 is 0 Å². The van der Waals surface area contributed by atoms with Crippen molar-refractivity contribution in [1.29, 1.82) is 0 Å². The van der Waals surface area contributed by atoms with E-state index >= 15 is 0 Å². The molecule has 0 nitrogen and oxygen atoms in total. The Bertz CT molecular complexity index is 356. The Hall–Kier alpha value is -0.450. The summed E-state index contributed by atoms with van der Waals surface area (Å²) in [5.74, 6) is 7.21. The lowest BCUT2D eigenvalue weighted by Crippen LogP contribution is -1.85. The first-order chi connectivity index (χ1) is 7.75. The van der Waals surface area contributed by atoms with E-state index in [4.69, 9.17) is 11.6 Å². The molecule has 1 aromatic rings. The van der Waals surface area contributed by atoms with Crippen molar-refractivity contribution in [2.75, 3.05) is 0 Å². The third-order valence-electron chi connectivity index (χ3n) is 2.61. The zero-order valence-electron chi connectivity index (χ0n) is 10.3. The third-order valence-corrected chi connectivity index (χ3v) is 4.08. The molecule has 1 heterocycles. The number of rotatable bonds is 0. The van der Waals surface area contributed by atoms with E-state index in [0.29, 0.717) is 5.92 Å². The summed E-state index contributed by atoms with van der Waals surface area (Å²) in [4.78, 5) is 2.28. The van der Waals surface area contributed by atoms with E-state index in [2.05, 4.69) is 11.8 Å². The van der Waals surface area contributed by atoms with Gasteiger partial charge in [0.05, 0.1) is 9.90 Å². The summed E-state index contributed by atoms with van der Waals surface area (Å²) < 4.78 is 0. The van der Waals surface area contributed by atoms with Gasteiger partial charge < -0.3 is 0 Å². The first kappa shape index (κ1) is 13.6. The summed E-state index contributed by atoms with van der Waals surface area (Å²) in [5.41, 5.74) is 0. The minimum atomic E-state index is 0.635. The van der Waals surface area contributed by atoms with Gasteiger partial charge >= 0.3 is 0 Å². The van der Waals surface area contributed by atoms with Crippen LogP contribution in [0.25, 0.3) is 0 Å². The lowest BCUT2D eigenvalue weighted by molar-refractivity contribution is 0.712. The molecular formula is C14H19ClS. The van der Waals surface area contributed by atoms with Gasteiger partial charge in [0.25, 0.3) is 0 Å². The van der Waals surface area contributed by atoms with Crippen LogP contribution in [0.3, 0.4) is 0 Å². The summed E-state index contributed by atoms with van der Waals surface area (Å²) in [7, 11) is 0. The summed E-state index contributed by atoms with van der Waals surface area (Å²) in [6.45, 7) is 6.04. The molecule has 2 rings (SSSR count). The smallest absolute Gasteiger partial charge is 0.0786 e. The molecule has 0 aliphatic heterocycles. The van der Waals surface area contributed by atoms with Crippen LogP contribution in [0.4, 0.5) is 0 Å². The van der Waals surface area contributed by atoms with Gasteiger partial charge in [0.15, 0.2) is 0 Å². The van der Waals surface area contributed by atoms with Crippen molar-refractivity contribution in [1.82, 2.24) is 0 Å². The molecule has 1 saturated carbocycles. The van der Waals surface area contributed by atoms with Gasteiger partial charge in [0.1, 0.15) is 0 Å². The Morgan fingerprint density at radius 2 is 1.94 bits per heavy atom. The average Bonchev–Trinajstić information content (AvgIpc) is 2.90. The normalized spacial score (nSPS) is 15.0. The predicted octanol–water partition coefficient (Wildman–Crippen LogP) is 5.28. The lowest BCUT2D eigenvalue weighted by Gasteiger charge is -1.93. The Balaban J connectivity index is 0.000000606. The molecule has 2 heteroatoms. The number of halogens is 1. The Labute approximate surface area is 108 Å². The van der Waals surface area contributed by atoms with Crippen LogP contribution in [0, 0.1) is 24.7 Å². The van der Waals surface area contributed by atoms with Crippen LogP contribution in [-0.4, -0.2) is 0 Å². The van der Waals surface area contributed by atoms with Gasteiger partial charge in [-0.1, -0.05) is 50.1 Å². The number of hydrogen-bond donors (Lipinski definition) is 0. The number of thiophene rings is 1. The van der Waals surface area contributed by atoms with Crippen molar-refractivity contribution >= 4 is 22.9 Å². The van der Waals surface area contributed by atoms with E-state index in [-0.39, 0.29) is 0 Å². The predicted molar refractivity (Wildman–Crippen MR) is 74.3 cm³/mol. The third kappa shape index (κ3) is 3.85. The molecular weight excluding hydrogens is 236 g/mol. The highest BCUT2D eigenvalue weighted by molar-refractivity contribution is 7.13. The number of aryl methyl sites for hydroxylation is 1. The Morgan fingerprint density at radius 3 is 2.44 bits per heavy atom. The van der Waals surface area contributed by atoms with Gasteiger partial charge in [-0.25, -0.2) is 0 Å². The molecule has 1 aliphatic carbocycles. The van der Waals surface area contributed by atoms with Crippen LogP contribution >= 0.6 is 22.9 Å². The lowest BCUT2D eigenvalue weighted by atomic mass is 10.1.